The standard InChI is InChI=1S/C17H24F4N2O4S/c1-11-7-12(18)8-13(19)16(11)27-17(20,21)10-23-6-4-5-14(15(23)9-26-2)22-28(3,24)25/h7-8,14-15,22H,4-6,9-10H2,1-3H3/t14?,15-/m0/s1. The Labute approximate surface area is 161 Å². The van der Waals surface area contributed by atoms with E-state index in [2.05, 4.69) is 9.46 Å². The van der Waals surface area contributed by atoms with E-state index in [4.69, 9.17) is 4.74 Å². The summed E-state index contributed by atoms with van der Waals surface area (Å²) in [5, 5.41) is 0. The monoisotopic (exact) mass is 428 g/mol. The Balaban J connectivity index is 2.18. The van der Waals surface area contributed by atoms with Crippen molar-refractivity contribution in [3.8, 4) is 5.75 Å². The predicted octanol–water partition coefficient (Wildman–Crippen LogP) is 2.27. The quantitative estimate of drug-likeness (QED) is 0.644. The fourth-order valence-corrected chi connectivity index (χ4v) is 4.19. The van der Waals surface area contributed by atoms with Gasteiger partial charge in [-0.15, -0.1) is 0 Å². The van der Waals surface area contributed by atoms with Crippen LogP contribution in [0.25, 0.3) is 0 Å². The number of benzene rings is 1. The number of alkyl halides is 2. The summed E-state index contributed by atoms with van der Waals surface area (Å²) in [5.41, 5.74) is -0.0964. The minimum Gasteiger partial charge on any atom is -0.428 e. The van der Waals surface area contributed by atoms with Crippen LogP contribution in [-0.4, -0.2) is 64.6 Å². The third kappa shape index (κ3) is 6.29. The summed E-state index contributed by atoms with van der Waals surface area (Å²) < 4.78 is 91.3. The normalized spacial score (nSPS) is 21.7. The largest absolute Gasteiger partial charge is 0.428 e. The summed E-state index contributed by atoms with van der Waals surface area (Å²) in [4.78, 5) is 1.35. The molecule has 1 aliphatic heterocycles. The predicted molar refractivity (Wildman–Crippen MR) is 94.9 cm³/mol. The SMILES string of the molecule is COC[C@H]1C(NS(C)(=O)=O)CCCN1CC(F)(F)Oc1c(C)cc(F)cc1F. The molecular formula is C17H24F4N2O4S. The maximum absolute atomic E-state index is 14.5. The van der Waals surface area contributed by atoms with E-state index in [9.17, 15) is 26.0 Å². The molecule has 1 N–H and O–H groups in total. The number of nitrogens with zero attached hydrogens (tertiary/aromatic N) is 1. The molecule has 0 bridgehead atoms. The van der Waals surface area contributed by atoms with Gasteiger partial charge in [-0.25, -0.2) is 21.9 Å². The van der Waals surface area contributed by atoms with Gasteiger partial charge in [0.15, 0.2) is 11.6 Å². The lowest BCUT2D eigenvalue weighted by Crippen LogP contribution is -2.59. The van der Waals surface area contributed by atoms with E-state index >= 15 is 0 Å². The molecule has 1 fully saturated rings. The number of methoxy groups -OCH3 is 1. The van der Waals surface area contributed by atoms with Crippen LogP contribution < -0.4 is 9.46 Å². The summed E-state index contributed by atoms with van der Waals surface area (Å²) in [6.07, 6.45) is -1.85. The molecule has 1 saturated heterocycles. The number of nitrogens with one attached hydrogen (secondary N) is 1. The molecule has 0 amide bonds. The molecule has 1 heterocycles. The van der Waals surface area contributed by atoms with Gasteiger partial charge >= 0.3 is 6.11 Å². The van der Waals surface area contributed by atoms with Gasteiger partial charge in [-0.2, -0.15) is 8.78 Å². The number of likely N-dealkylation sites (tertiary alicyclic amines) is 1. The number of halogens is 4. The van der Waals surface area contributed by atoms with Gasteiger partial charge in [-0.05, 0) is 37.9 Å². The molecule has 1 aromatic rings. The van der Waals surface area contributed by atoms with Crippen molar-refractivity contribution in [2.24, 2.45) is 0 Å². The molecule has 0 aliphatic carbocycles. The second-order valence-electron chi connectivity index (χ2n) is 6.90. The number of hydrogen-bond acceptors (Lipinski definition) is 5. The molecule has 2 rings (SSSR count). The maximum Gasteiger partial charge on any atom is 0.411 e. The average Bonchev–Trinajstić information content (AvgIpc) is 2.52. The van der Waals surface area contributed by atoms with Gasteiger partial charge in [0.1, 0.15) is 12.4 Å². The van der Waals surface area contributed by atoms with Gasteiger partial charge in [-0.3, -0.25) is 4.90 Å². The van der Waals surface area contributed by atoms with Crippen molar-refractivity contribution in [3.05, 3.63) is 29.3 Å². The number of rotatable bonds is 8. The molecule has 0 spiro atoms. The van der Waals surface area contributed by atoms with Crippen LogP contribution in [0.4, 0.5) is 17.6 Å². The van der Waals surface area contributed by atoms with Gasteiger partial charge in [0.25, 0.3) is 0 Å². The molecule has 28 heavy (non-hydrogen) atoms. The Kier molecular flexibility index (Phi) is 7.29. The van der Waals surface area contributed by atoms with Crippen molar-refractivity contribution >= 4 is 10.0 Å². The third-order valence-corrected chi connectivity index (χ3v) is 5.16. The van der Waals surface area contributed by atoms with E-state index in [1.807, 2.05) is 0 Å². The highest BCUT2D eigenvalue weighted by Gasteiger charge is 2.42. The van der Waals surface area contributed by atoms with Crippen molar-refractivity contribution in [2.45, 2.75) is 38.0 Å². The maximum atomic E-state index is 14.5. The highest BCUT2D eigenvalue weighted by atomic mass is 32.2. The van der Waals surface area contributed by atoms with Crippen molar-refractivity contribution in [1.29, 1.82) is 0 Å². The van der Waals surface area contributed by atoms with Crippen molar-refractivity contribution < 1.29 is 35.5 Å². The van der Waals surface area contributed by atoms with E-state index in [0.29, 0.717) is 18.9 Å². The molecule has 1 aliphatic rings. The highest BCUT2D eigenvalue weighted by molar-refractivity contribution is 7.88. The Morgan fingerprint density at radius 2 is 2.00 bits per heavy atom. The van der Waals surface area contributed by atoms with E-state index in [0.717, 1.165) is 12.3 Å². The summed E-state index contributed by atoms with van der Waals surface area (Å²) in [5.74, 6) is -2.84. The number of sulfonamides is 1. The first-order chi connectivity index (χ1) is 12.9. The van der Waals surface area contributed by atoms with Crippen LogP contribution in [0.1, 0.15) is 18.4 Å². The highest BCUT2D eigenvalue weighted by Crippen LogP contribution is 2.31. The van der Waals surface area contributed by atoms with Gasteiger partial charge in [-0.1, -0.05) is 0 Å². The Morgan fingerprint density at radius 1 is 1.32 bits per heavy atom. The van der Waals surface area contributed by atoms with Crippen LogP contribution in [0, 0.1) is 18.6 Å². The van der Waals surface area contributed by atoms with Crippen LogP contribution in [-0.2, 0) is 14.8 Å². The first-order valence-corrected chi connectivity index (χ1v) is 10.5. The van der Waals surface area contributed by atoms with Crippen molar-refractivity contribution in [1.82, 2.24) is 9.62 Å². The van der Waals surface area contributed by atoms with E-state index in [-0.39, 0.29) is 18.7 Å². The molecule has 11 heteroatoms. The summed E-state index contributed by atoms with van der Waals surface area (Å²) in [7, 11) is -2.16. The number of aryl methyl sites for hydroxylation is 1. The van der Waals surface area contributed by atoms with Crippen LogP contribution >= 0.6 is 0 Å². The van der Waals surface area contributed by atoms with E-state index in [1.54, 1.807) is 0 Å². The summed E-state index contributed by atoms with van der Waals surface area (Å²) >= 11 is 0. The first kappa shape index (κ1) is 22.9. The van der Waals surface area contributed by atoms with E-state index in [1.165, 1.54) is 18.9 Å². The molecule has 1 unspecified atom stereocenters. The lowest BCUT2D eigenvalue weighted by Gasteiger charge is -2.41. The Bertz CT molecular complexity index is 768. The molecule has 0 aromatic heterocycles. The summed E-state index contributed by atoms with van der Waals surface area (Å²) in [6, 6.07) is 0.111. The minimum atomic E-state index is -3.79. The number of piperidine rings is 1. The fourth-order valence-electron chi connectivity index (χ4n) is 3.36. The molecule has 0 saturated carbocycles. The second-order valence-corrected chi connectivity index (χ2v) is 8.68. The summed E-state index contributed by atoms with van der Waals surface area (Å²) in [6.45, 7) is 0.643. The third-order valence-electron chi connectivity index (χ3n) is 4.43. The van der Waals surface area contributed by atoms with Gasteiger partial charge < -0.3 is 9.47 Å². The number of ether oxygens (including phenoxy) is 2. The molecular weight excluding hydrogens is 404 g/mol. The van der Waals surface area contributed by atoms with Crippen molar-refractivity contribution in [2.75, 3.05) is 33.1 Å². The molecule has 6 nitrogen and oxygen atoms in total. The van der Waals surface area contributed by atoms with Gasteiger partial charge in [0, 0.05) is 25.3 Å². The van der Waals surface area contributed by atoms with Crippen LogP contribution in [0.2, 0.25) is 0 Å². The fraction of sp³-hybridized carbons (Fsp3) is 0.647. The zero-order valence-electron chi connectivity index (χ0n) is 15.8. The Hall–Kier alpha value is -1.43. The molecule has 1 aromatic carbocycles. The molecule has 2 atom stereocenters. The minimum absolute atomic E-state index is 0.0210. The lowest BCUT2D eigenvalue weighted by atomic mass is 9.97. The van der Waals surface area contributed by atoms with E-state index < -0.39 is 52.1 Å². The number of hydrogen-bond donors (Lipinski definition) is 1. The second kappa shape index (κ2) is 8.93. The lowest BCUT2D eigenvalue weighted by molar-refractivity contribution is -0.198. The van der Waals surface area contributed by atoms with Gasteiger partial charge in [0.2, 0.25) is 10.0 Å². The zero-order chi connectivity index (χ0) is 21.1. The van der Waals surface area contributed by atoms with Crippen LogP contribution in [0.3, 0.4) is 0 Å². The Morgan fingerprint density at radius 3 is 2.57 bits per heavy atom. The van der Waals surface area contributed by atoms with Gasteiger partial charge in [0.05, 0.1) is 12.9 Å². The zero-order valence-corrected chi connectivity index (χ0v) is 16.7. The van der Waals surface area contributed by atoms with Crippen LogP contribution in [0.15, 0.2) is 12.1 Å². The molecule has 160 valence electrons. The van der Waals surface area contributed by atoms with Crippen LogP contribution in [0.5, 0.6) is 5.75 Å². The topological polar surface area (TPSA) is 67.9 Å². The average molecular weight is 428 g/mol. The van der Waals surface area contributed by atoms with Crippen molar-refractivity contribution in [3.63, 3.8) is 0 Å². The smallest absolute Gasteiger partial charge is 0.411 e. The first-order valence-electron chi connectivity index (χ1n) is 8.64. The molecule has 0 radical (unpaired) electrons.